The SMILES string of the molecule is COc1ccc(C(=O)c2ccccc2)cc1OC1CCOC2COC(c3ccccc3)OC21. The van der Waals surface area contributed by atoms with Gasteiger partial charge in [0.05, 0.1) is 20.3 Å². The van der Waals surface area contributed by atoms with E-state index in [0.29, 0.717) is 42.3 Å². The van der Waals surface area contributed by atoms with Gasteiger partial charge in [-0.2, -0.15) is 0 Å². The minimum absolute atomic E-state index is 0.0700. The summed E-state index contributed by atoms with van der Waals surface area (Å²) in [6, 6.07) is 24.3. The van der Waals surface area contributed by atoms with Crippen LogP contribution >= 0.6 is 0 Å². The fourth-order valence-electron chi connectivity index (χ4n) is 4.26. The van der Waals surface area contributed by atoms with Crippen LogP contribution < -0.4 is 9.47 Å². The van der Waals surface area contributed by atoms with Crippen LogP contribution in [0.3, 0.4) is 0 Å². The van der Waals surface area contributed by atoms with Crippen molar-refractivity contribution in [2.75, 3.05) is 20.3 Å². The average molecular weight is 446 g/mol. The lowest BCUT2D eigenvalue weighted by Crippen LogP contribution is -2.54. The van der Waals surface area contributed by atoms with Crippen molar-refractivity contribution in [1.29, 1.82) is 0 Å². The lowest BCUT2D eigenvalue weighted by Gasteiger charge is -2.43. The Morgan fingerprint density at radius 3 is 2.39 bits per heavy atom. The molecule has 2 fully saturated rings. The quantitative estimate of drug-likeness (QED) is 0.517. The molecule has 0 aliphatic carbocycles. The molecule has 2 aliphatic rings. The summed E-state index contributed by atoms with van der Waals surface area (Å²) in [5.41, 5.74) is 2.11. The first kappa shape index (κ1) is 21.6. The van der Waals surface area contributed by atoms with Crippen molar-refractivity contribution in [3.8, 4) is 11.5 Å². The van der Waals surface area contributed by atoms with Gasteiger partial charge in [-0.05, 0) is 18.2 Å². The van der Waals surface area contributed by atoms with Gasteiger partial charge in [0, 0.05) is 23.1 Å². The lowest BCUT2D eigenvalue weighted by atomic mass is 10.00. The van der Waals surface area contributed by atoms with Gasteiger partial charge in [0.15, 0.2) is 23.6 Å². The number of carbonyl (C=O) groups is 1. The molecule has 3 aromatic carbocycles. The number of hydrogen-bond donors (Lipinski definition) is 0. The van der Waals surface area contributed by atoms with E-state index >= 15 is 0 Å². The molecule has 0 N–H and O–H groups in total. The highest BCUT2D eigenvalue weighted by Gasteiger charge is 2.43. The van der Waals surface area contributed by atoms with Gasteiger partial charge in [-0.15, -0.1) is 0 Å². The molecular formula is C27H26O6. The highest BCUT2D eigenvalue weighted by atomic mass is 16.7. The van der Waals surface area contributed by atoms with Crippen LogP contribution in [0.5, 0.6) is 11.5 Å². The van der Waals surface area contributed by atoms with Crippen molar-refractivity contribution >= 4 is 5.78 Å². The molecular weight excluding hydrogens is 420 g/mol. The second kappa shape index (κ2) is 9.75. The van der Waals surface area contributed by atoms with Crippen molar-refractivity contribution in [3.63, 3.8) is 0 Å². The first-order valence-electron chi connectivity index (χ1n) is 11.1. The van der Waals surface area contributed by atoms with E-state index in [1.165, 1.54) is 0 Å². The molecule has 0 bridgehead atoms. The molecule has 2 heterocycles. The minimum Gasteiger partial charge on any atom is -0.493 e. The Hall–Kier alpha value is -3.19. The third-order valence-electron chi connectivity index (χ3n) is 5.97. The van der Waals surface area contributed by atoms with Crippen LogP contribution in [-0.2, 0) is 14.2 Å². The first-order valence-corrected chi connectivity index (χ1v) is 11.1. The number of carbonyl (C=O) groups excluding carboxylic acids is 1. The summed E-state index contributed by atoms with van der Waals surface area (Å²) in [5.74, 6) is 1.00. The van der Waals surface area contributed by atoms with E-state index in [0.717, 1.165) is 5.56 Å². The van der Waals surface area contributed by atoms with Crippen LogP contribution in [0.2, 0.25) is 0 Å². The zero-order chi connectivity index (χ0) is 22.6. The first-order chi connectivity index (χ1) is 16.2. The summed E-state index contributed by atoms with van der Waals surface area (Å²) in [7, 11) is 1.59. The van der Waals surface area contributed by atoms with Crippen LogP contribution in [0.4, 0.5) is 0 Å². The number of methoxy groups -OCH3 is 1. The average Bonchev–Trinajstić information content (AvgIpc) is 2.89. The van der Waals surface area contributed by atoms with Gasteiger partial charge in [-0.1, -0.05) is 60.7 Å². The Morgan fingerprint density at radius 1 is 0.879 bits per heavy atom. The van der Waals surface area contributed by atoms with Crippen LogP contribution in [0, 0.1) is 0 Å². The molecule has 0 spiro atoms. The molecule has 5 rings (SSSR count). The summed E-state index contributed by atoms with van der Waals surface area (Å²) in [6.45, 7) is 0.966. The number of fused-ring (bicyclic) bond motifs is 1. The van der Waals surface area contributed by atoms with Crippen molar-refractivity contribution < 1.29 is 28.5 Å². The fraction of sp³-hybridized carbons (Fsp3) is 0.296. The van der Waals surface area contributed by atoms with Gasteiger partial charge in [0.1, 0.15) is 18.3 Å². The van der Waals surface area contributed by atoms with Gasteiger partial charge >= 0.3 is 0 Å². The third kappa shape index (κ3) is 4.64. The van der Waals surface area contributed by atoms with Gasteiger partial charge in [-0.25, -0.2) is 0 Å². The Labute approximate surface area is 193 Å². The highest BCUT2D eigenvalue weighted by molar-refractivity contribution is 6.09. The van der Waals surface area contributed by atoms with Gasteiger partial charge in [0.2, 0.25) is 0 Å². The molecule has 4 unspecified atom stereocenters. The lowest BCUT2D eigenvalue weighted by molar-refractivity contribution is -0.295. The number of ketones is 1. The van der Waals surface area contributed by atoms with Crippen molar-refractivity contribution in [2.45, 2.75) is 31.0 Å². The molecule has 6 nitrogen and oxygen atoms in total. The molecule has 170 valence electrons. The Kier molecular flexibility index (Phi) is 6.39. The highest BCUT2D eigenvalue weighted by Crippen LogP contribution is 2.36. The summed E-state index contributed by atoms with van der Waals surface area (Å²) < 4.78 is 30.0. The summed E-state index contributed by atoms with van der Waals surface area (Å²) in [4.78, 5) is 13.0. The van der Waals surface area contributed by atoms with E-state index in [-0.39, 0.29) is 24.1 Å². The predicted octanol–water partition coefficient (Wildman–Crippen LogP) is 4.58. The van der Waals surface area contributed by atoms with E-state index in [2.05, 4.69) is 0 Å². The molecule has 0 amide bonds. The van der Waals surface area contributed by atoms with E-state index in [1.807, 2.05) is 48.5 Å². The second-order valence-corrected chi connectivity index (χ2v) is 8.09. The van der Waals surface area contributed by atoms with Crippen LogP contribution in [0.1, 0.15) is 34.2 Å². The zero-order valence-electron chi connectivity index (χ0n) is 18.4. The molecule has 0 aromatic heterocycles. The van der Waals surface area contributed by atoms with E-state index in [1.54, 1.807) is 37.4 Å². The van der Waals surface area contributed by atoms with E-state index < -0.39 is 6.29 Å². The summed E-state index contributed by atoms with van der Waals surface area (Å²) >= 11 is 0. The van der Waals surface area contributed by atoms with Crippen LogP contribution in [0.15, 0.2) is 78.9 Å². The van der Waals surface area contributed by atoms with Crippen LogP contribution in [0.25, 0.3) is 0 Å². The number of rotatable bonds is 6. The topological polar surface area (TPSA) is 63.2 Å². The van der Waals surface area contributed by atoms with Crippen molar-refractivity contribution in [2.24, 2.45) is 0 Å². The molecule has 2 saturated heterocycles. The van der Waals surface area contributed by atoms with Gasteiger partial charge in [-0.3, -0.25) is 4.79 Å². The molecule has 33 heavy (non-hydrogen) atoms. The zero-order valence-corrected chi connectivity index (χ0v) is 18.4. The van der Waals surface area contributed by atoms with E-state index in [9.17, 15) is 4.79 Å². The van der Waals surface area contributed by atoms with Crippen molar-refractivity contribution in [3.05, 3.63) is 95.6 Å². The van der Waals surface area contributed by atoms with Gasteiger partial charge < -0.3 is 23.7 Å². The number of benzene rings is 3. The van der Waals surface area contributed by atoms with E-state index in [4.69, 9.17) is 23.7 Å². The summed E-state index contributed by atoms with van der Waals surface area (Å²) in [6.07, 6.45) is -0.620. The Balaban J connectivity index is 1.38. The van der Waals surface area contributed by atoms with Gasteiger partial charge in [0.25, 0.3) is 0 Å². The molecule has 3 aromatic rings. The molecule has 0 saturated carbocycles. The smallest absolute Gasteiger partial charge is 0.193 e. The monoisotopic (exact) mass is 446 g/mol. The maximum absolute atomic E-state index is 13.0. The predicted molar refractivity (Wildman–Crippen MR) is 122 cm³/mol. The second-order valence-electron chi connectivity index (χ2n) is 8.09. The largest absolute Gasteiger partial charge is 0.493 e. The van der Waals surface area contributed by atoms with Crippen LogP contribution in [-0.4, -0.2) is 44.4 Å². The standard InChI is InChI=1S/C27H26O6/c1-29-21-13-12-20(25(28)18-8-4-2-5-9-18)16-23(21)32-22-14-15-30-24-17-31-27(33-26(22)24)19-10-6-3-7-11-19/h2-13,16,22,24,26-27H,14-15,17H2,1H3. The minimum atomic E-state index is -0.479. The number of hydrogen-bond acceptors (Lipinski definition) is 6. The van der Waals surface area contributed by atoms with Crippen molar-refractivity contribution in [1.82, 2.24) is 0 Å². The normalized spacial score (nSPS) is 24.5. The molecule has 6 heteroatoms. The number of ether oxygens (including phenoxy) is 5. The maximum Gasteiger partial charge on any atom is 0.193 e. The maximum atomic E-state index is 13.0. The molecule has 2 aliphatic heterocycles. The third-order valence-corrected chi connectivity index (χ3v) is 5.97. The Morgan fingerprint density at radius 2 is 1.64 bits per heavy atom. The fourth-order valence-corrected chi connectivity index (χ4v) is 4.26. The molecule has 4 atom stereocenters. The molecule has 0 radical (unpaired) electrons. The Bertz CT molecular complexity index is 1080. The summed E-state index contributed by atoms with van der Waals surface area (Å²) in [5, 5.41) is 0.